The van der Waals surface area contributed by atoms with E-state index in [0.717, 1.165) is 13.0 Å². The number of carboxylic acids is 1. The first-order valence-corrected chi connectivity index (χ1v) is 5.72. The molecule has 2 unspecified atom stereocenters. The molecule has 1 N–H and O–H groups in total. The van der Waals surface area contributed by atoms with Crippen LogP contribution in [-0.4, -0.2) is 41.8 Å². The summed E-state index contributed by atoms with van der Waals surface area (Å²) >= 11 is 0. The summed E-state index contributed by atoms with van der Waals surface area (Å²) in [5, 5.41) is 8.76. The summed E-state index contributed by atoms with van der Waals surface area (Å²) in [4.78, 5) is 12.8. The first kappa shape index (κ1) is 12.1. The highest BCUT2D eigenvalue weighted by Gasteiger charge is 2.28. The molecule has 94 valence electrons. The maximum Gasteiger partial charge on any atom is 0.371 e. The Morgan fingerprint density at radius 2 is 2.35 bits per heavy atom. The van der Waals surface area contributed by atoms with Crippen LogP contribution in [0, 0.1) is 0 Å². The van der Waals surface area contributed by atoms with Crippen molar-refractivity contribution in [3.8, 4) is 0 Å². The molecule has 2 rings (SSSR count). The third-order valence-electron chi connectivity index (χ3n) is 3.18. The van der Waals surface area contributed by atoms with Gasteiger partial charge in [-0.25, -0.2) is 4.79 Å². The van der Waals surface area contributed by atoms with Crippen LogP contribution in [0.15, 0.2) is 16.5 Å². The zero-order valence-electron chi connectivity index (χ0n) is 10.0. The molecule has 0 bridgehead atoms. The minimum Gasteiger partial charge on any atom is -0.475 e. The molecule has 5 nitrogen and oxygen atoms in total. The quantitative estimate of drug-likeness (QED) is 0.864. The van der Waals surface area contributed by atoms with Crippen molar-refractivity contribution in [2.75, 3.05) is 13.7 Å². The van der Waals surface area contributed by atoms with Gasteiger partial charge in [0, 0.05) is 12.6 Å². The van der Waals surface area contributed by atoms with Gasteiger partial charge in [0.2, 0.25) is 5.76 Å². The van der Waals surface area contributed by atoms with Crippen molar-refractivity contribution in [2.24, 2.45) is 0 Å². The number of furan rings is 1. The molecule has 1 aliphatic rings. The van der Waals surface area contributed by atoms with E-state index >= 15 is 0 Å². The Kier molecular flexibility index (Phi) is 3.49. The number of likely N-dealkylation sites (N-methyl/N-ethyl adjacent to an activating group) is 1. The molecule has 0 amide bonds. The molecule has 0 aromatic carbocycles. The van der Waals surface area contributed by atoms with E-state index in [1.807, 2.05) is 7.05 Å². The number of nitrogens with zero attached hydrogens (tertiary/aromatic N) is 1. The van der Waals surface area contributed by atoms with Crippen LogP contribution in [0.3, 0.4) is 0 Å². The number of carbonyl (C=O) groups is 1. The highest BCUT2D eigenvalue weighted by Crippen LogP contribution is 2.20. The standard InChI is InChI=1S/C12H17NO4/c1-8-10(5-6-16-8)13(2)7-9-3-4-11(17-9)12(14)15/h3-4,8,10H,5-7H2,1-2H3,(H,14,15). The van der Waals surface area contributed by atoms with Crippen molar-refractivity contribution in [3.63, 3.8) is 0 Å². The van der Waals surface area contributed by atoms with Crippen molar-refractivity contribution in [3.05, 3.63) is 23.7 Å². The van der Waals surface area contributed by atoms with Gasteiger partial charge in [0.05, 0.1) is 12.6 Å². The molecule has 0 radical (unpaired) electrons. The lowest BCUT2D eigenvalue weighted by Gasteiger charge is -2.25. The van der Waals surface area contributed by atoms with E-state index in [-0.39, 0.29) is 11.9 Å². The van der Waals surface area contributed by atoms with Crippen LogP contribution >= 0.6 is 0 Å². The van der Waals surface area contributed by atoms with E-state index in [1.165, 1.54) is 6.07 Å². The first-order valence-electron chi connectivity index (χ1n) is 5.72. The fourth-order valence-electron chi connectivity index (χ4n) is 2.24. The molecule has 0 saturated carbocycles. The Bertz CT molecular complexity index is 401. The second-order valence-corrected chi connectivity index (χ2v) is 4.42. The van der Waals surface area contributed by atoms with E-state index in [4.69, 9.17) is 14.3 Å². The average molecular weight is 239 g/mol. The van der Waals surface area contributed by atoms with E-state index < -0.39 is 5.97 Å². The van der Waals surface area contributed by atoms with Crippen LogP contribution in [0.2, 0.25) is 0 Å². The molecule has 1 aliphatic heterocycles. The molecule has 2 heterocycles. The lowest BCUT2D eigenvalue weighted by molar-refractivity contribution is 0.0649. The number of hydrogen-bond donors (Lipinski definition) is 1. The summed E-state index contributed by atoms with van der Waals surface area (Å²) in [6.45, 7) is 3.44. The van der Waals surface area contributed by atoms with E-state index in [1.54, 1.807) is 6.07 Å². The van der Waals surface area contributed by atoms with Crippen molar-refractivity contribution >= 4 is 5.97 Å². The maximum absolute atomic E-state index is 10.7. The molecular formula is C12H17NO4. The predicted octanol–water partition coefficient (Wildman–Crippen LogP) is 1.59. The van der Waals surface area contributed by atoms with Crippen LogP contribution in [-0.2, 0) is 11.3 Å². The summed E-state index contributed by atoms with van der Waals surface area (Å²) in [7, 11) is 2.00. The summed E-state index contributed by atoms with van der Waals surface area (Å²) in [5.74, 6) is -0.371. The molecule has 0 spiro atoms. The number of carboxylic acid groups (broad SMARTS) is 1. The van der Waals surface area contributed by atoms with Gasteiger partial charge in [-0.3, -0.25) is 4.90 Å². The van der Waals surface area contributed by atoms with Gasteiger partial charge in [0.25, 0.3) is 0 Å². The molecule has 1 fully saturated rings. The SMILES string of the molecule is CC1OCCC1N(C)Cc1ccc(C(=O)O)o1. The molecular weight excluding hydrogens is 222 g/mol. The van der Waals surface area contributed by atoms with Gasteiger partial charge in [0.1, 0.15) is 5.76 Å². The van der Waals surface area contributed by atoms with Crippen molar-refractivity contribution in [1.82, 2.24) is 4.90 Å². The van der Waals surface area contributed by atoms with E-state index in [2.05, 4.69) is 11.8 Å². The van der Waals surface area contributed by atoms with Gasteiger partial charge in [-0.15, -0.1) is 0 Å². The molecule has 5 heteroatoms. The Morgan fingerprint density at radius 3 is 2.88 bits per heavy atom. The first-order chi connectivity index (χ1) is 8.08. The number of ether oxygens (including phenoxy) is 1. The smallest absolute Gasteiger partial charge is 0.371 e. The van der Waals surface area contributed by atoms with Crippen LogP contribution in [0.25, 0.3) is 0 Å². The van der Waals surface area contributed by atoms with Gasteiger partial charge >= 0.3 is 5.97 Å². The zero-order valence-corrected chi connectivity index (χ0v) is 10.0. The Labute approximate surface area is 100.0 Å². The zero-order chi connectivity index (χ0) is 12.4. The highest BCUT2D eigenvalue weighted by atomic mass is 16.5. The van der Waals surface area contributed by atoms with Gasteiger partial charge in [0.15, 0.2) is 0 Å². The maximum atomic E-state index is 10.7. The largest absolute Gasteiger partial charge is 0.475 e. The Morgan fingerprint density at radius 1 is 1.59 bits per heavy atom. The highest BCUT2D eigenvalue weighted by molar-refractivity contribution is 5.84. The summed E-state index contributed by atoms with van der Waals surface area (Å²) in [5.41, 5.74) is 0. The minimum absolute atomic E-state index is 0.0101. The molecule has 0 aliphatic carbocycles. The van der Waals surface area contributed by atoms with Crippen LogP contribution in [0.4, 0.5) is 0 Å². The Balaban J connectivity index is 1.97. The third-order valence-corrected chi connectivity index (χ3v) is 3.18. The molecule has 1 saturated heterocycles. The van der Waals surface area contributed by atoms with Crippen molar-refractivity contribution < 1.29 is 19.1 Å². The van der Waals surface area contributed by atoms with E-state index in [0.29, 0.717) is 18.3 Å². The summed E-state index contributed by atoms with van der Waals surface area (Å²) < 4.78 is 10.7. The summed E-state index contributed by atoms with van der Waals surface area (Å²) in [6.07, 6.45) is 1.22. The second kappa shape index (κ2) is 4.89. The van der Waals surface area contributed by atoms with Gasteiger partial charge in [-0.2, -0.15) is 0 Å². The number of hydrogen-bond acceptors (Lipinski definition) is 4. The fraction of sp³-hybridized carbons (Fsp3) is 0.583. The van der Waals surface area contributed by atoms with Gasteiger partial charge in [-0.1, -0.05) is 0 Å². The molecule has 1 aromatic heterocycles. The molecule has 2 atom stereocenters. The fourth-order valence-corrected chi connectivity index (χ4v) is 2.24. The lowest BCUT2D eigenvalue weighted by atomic mass is 10.1. The van der Waals surface area contributed by atoms with Crippen LogP contribution in [0.5, 0.6) is 0 Å². The lowest BCUT2D eigenvalue weighted by Crippen LogP contribution is -2.36. The van der Waals surface area contributed by atoms with Gasteiger partial charge in [-0.05, 0) is 32.5 Å². The predicted molar refractivity (Wildman–Crippen MR) is 61.0 cm³/mol. The monoisotopic (exact) mass is 239 g/mol. The summed E-state index contributed by atoms with van der Waals surface area (Å²) in [6, 6.07) is 3.56. The minimum atomic E-state index is -1.03. The topological polar surface area (TPSA) is 62.9 Å². The number of aromatic carboxylic acids is 1. The Hall–Kier alpha value is -1.33. The number of rotatable bonds is 4. The van der Waals surface area contributed by atoms with Gasteiger partial charge < -0.3 is 14.3 Å². The van der Waals surface area contributed by atoms with Crippen molar-refractivity contribution in [2.45, 2.75) is 32.0 Å². The van der Waals surface area contributed by atoms with E-state index in [9.17, 15) is 4.79 Å². The van der Waals surface area contributed by atoms with Crippen LogP contribution < -0.4 is 0 Å². The second-order valence-electron chi connectivity index (χ2n) is 4.42. The third kappa shape index (κ3) is 2.68. The average Bonchev–Trinajstić information content (AvgIpc) is 2.86. The molecule has 17 heavy (non-hydrogen) atoms. The van der Waals surface area contributed by atoms with Crippen LogP contribution in [0.1, 0.15) is 29.7 Å². The van der Waals surface area contributed by atoms with Crippen molar-refractivity contribution in [1.29, 1.82) is 0 Å². The molecule has 1 aromatic rings. The normalized spacial score (nSPS) is 24.4.